The monoisotopic (exact) mass is 279 g/mol. The highest BCUT2D eigenvalue weighted by atomic mass is 16.5. The molecule has 0 aliphatic carbocycles. The summed E-state index contributed by atoms with van der Waals surface area (Å²) in [6, 6.07) is 9.45. The van der Waals surface area contributed by atoms with Gasteiger partial charge in [0.2, 0.25) is 0 Å². The van der Waals surface area contributed by atoms with Crippen LogP contribution in [-0.2, 0) is 14.9 Å². The average Bonchev–Trinajstić information content (AvgIpc) is 2.49. The predicted octanol–water partition coefficient (Wildman–Crippen LogP) is 2.39. The Hall–Kier alpha value is -1.39. The van der Waals surface area contributed by atoms with Crippen LogP contribution in [0.25, 0.3) is 0 Å². The maximum Gasteiger partial charge on any atom is 0.314 e. The number of benzene rings is 1. The molecular formula is C16H25NO3. The van der Waals surface area contributed by atoms with Crippen molar-refractivity contribution in [2.75, 3.05) is 33.9 Å². The predicted molar refractivity (Wildman–Crippen MR) is 80.0 cm³/mol. The van der Waals surface area contributed by atoms with Gasteiger partial charge in [0, 0.05) is 13.2 Å². The van der Waals surface area contributed by atoms with Gasteiger partial charge in [-0.3, -0.25) is 4.79 Å². The Balaban J connectivity index is 0.000000347. The molecule has 0 amide bonds. The van der Waals surface area contributed by atoms with Gasteiger partial charge in [0.1, 0.15) is 0 Å². The third-order valence-electron chi connectivity index (χ3n) is 3.71. The van der Waals surface area contributed by atoms with Crippen LogP contribution in [0.4, 0.5) is 0 Å². The summed E-state index contributed by atoms with van der Waals surface area (Å²) in [4.78, 5) is 13.5. The lowest BCUT2D eigenvalue weighted by Crippen LogP contribution is -2.41. The zero-order chi connectivity index (χ0) is 15.0. The molecule has 1 aromatic rings. The molecular weight excluding hydrogens is 254 g/mol. The summed E-state index contributed by atoms with van der Waals surface area (Å²) < 4.78 is 5.23. The minimum Gasteiger partial charge on any atom is -0.481 e. The van der Waals surface area contributed by atoms with E-state index >= 15 is 0 Å². The van der Waals surface area contributed by atoms with Gasteiger partial charge in [-0.1, -0.05) is 37.3 Å². The number of ether oxygens (including phenoxy) is 1. The second kappa shape index (κ2) is 8.02. The van der Waals surface area contributed by atoms with Gasteiger partial charge < -0.3 is 14.7 Å². The molecule has 20 heavy (non-hydrogen) atoms. The van der Waals surface area contributed by atoms with Gasteiger partial charge in [0.15, 0.2) is 0 Å². The van der Waals surface area contributed by atoms with E-state index in [0.29, 0.717) is 26.1 Å². The molecule has 1 saturated heterocycles. The number of hydrogen-bond donors (Lipinski definition) is 1. The summed E-state index contributed by atoms with van der Waals surface area (Å²) in [5, 5.41) is 9.39. The molecule has 1 aromatic carbocycles. The lowest BCUT2D eigenvalue weighted by atomic mass is 9.74. The Morgan fingerprint density at radius 3 is 2.15 bits per heavy atom. The molecule has 1 fully saturated rings. The number of aliphatic carboxylic acids is 1. The van der Waals surface area contributed by atoms with Crippen molar-refractivity contribution in [1.82, 2.24) is 4.90 Å². The molecule has 0 atom stereocenters. The van der Waals surface area contributed by atoms with Crippen LogP contribution in [0, 0.1) is 0 Å². The van der Waals surface area contributed by atoms with Crippen LogP contribution < -0.4 is 0 Å². The Morgan fingerprint density at radius 2 is 1.75 bits per heavy atom. The molecule has 4 nitrogen and oxygen atoms in total. The molecule has 0 unspecified atom stereocenters. The summed E-state index contributed by atoms with van der Waals surface area (Å²) in [6.45, 7) is 4.32. The van der Waals surface area contributed by atoms with Gasteiger partial charge in [-0.15, -0.1) is 0 Å². The molecule has 1 N–H and O–H groups in total. The molecule has 0 bridgehead atoms. The summed E-state index contributed by atoms with van der Waals surface area (Å²) in [5.41, 5.74) is 0.153. The van der Waals surface area contributed by atoms with Crippen LogP contribution in [0.2, 0.25) is 0 Å². The third kappa shape index (κ3) is 4.32. The number of nitrogens with zero attached hydrogens (tertiary/aromatic N) is 1. The van der Waals surface area contributed by atoms with E-state index in [9.17, 15) is 9.90 Å². The number of hydrogen-bond acceptors (Lipinski definition) is 3. The zero-order valence-electron chi connectivity index (χ0n) is 12.6. The second-order valence-electron chi connectivity index (χ2n) is 5.26. The molecule has 0 saturated carbocycles. The minimum atomic E-state index is -0.739. The molecule has 0 radical (unpaired) electrons. The van der Waals surface area contributed by atoms with Gasteiger partial charge >= 0.3 is 5.97 Å². The maximum atomic E-state index is 11.4. The molecule has 1 aliphatic rings. The quantitative estimate of drug-likeness (QED) is 0.923. The Labute approximate surface area is 121 Å². The molecule has 2 rings (SSSR count). The van der Waals surface area contributed by atoms with E-state index in [1.54, 1.807) is 0 Å². The molecule has 0 aromatic heterocycles. The summed E-state index contributed by atoms with van der Waals surface area (Å²) in [5.74, 6) is -0.739. The van der Waals surface area contributed by atoms with Crippen molar-refractivity contribution in [3.63, 3.8) is 0 Å². The van der Waals surface area contributed by atoms with Crippen LogP contribution in [0.15, 0.2) is 30.3 Å². The first-order valence-corrected chi connectivity index (χ1v) is 7.04. The molecule has 112 valence electrons. The third-order valence-corrected chi connectivity index (χ3v) is 3.71. The standard InChI is InChI=1S/C12H14O3.C4H11N/c13-11(14)12(6-8-15-9-7-12)10-4-2-1-3-5-10;1-4-5(2)3/h1-5H,6-9H2,(H,13,14);4H2,1-3H3. The van der Waals surface area contributed by atoms with Crippen molar-refractivity contribution in [2.45, 2.75) is 25.2 Å². The molecule has 4 heteroatoms. The smallest absolute Gasteiger partial charge is 0.314 e. The first kappa shape index (κ1) is 16.7. The van der Waals surface area contributed by atoms with E-state index in [-0.39, 0.29) is 0 Å². The van der Waals surface area contributed by atoms with Crippen LogP contribution in [-0.4, -0.2) is 49.8 Å². The van der Waals surface area contributed by atoms with Crippen molar-refractivity contribution in [3.05, 3.63) is 35.9 Å². The van der Waals surface area contributed by atoms with Crippen molar-refractivity contribution < 1.29 is 14.6 Å². The number of carboxylic acids is 1. The number of carbonyl (C=O) groups is 1. The SMILES string of the molecule is CCN(C)C.O=C(O)C1(c2ccccc2)CCOCC1. The molecule has 1 heterocycles. The van der Waals surface area contributed by atoms with E-state index in [4.69, 9.17) is 4.74 Å². The topological polar surface area (TPSA) is 49.8 Å². The largest absolute Gasteiger partial charge is 0.481 e. The Morgan fingerprint density at radius 1 is 1.25 bits per heavy atom. The lowest BCUT2D eigenvalue weighted by molar-refractivity contribution is -0.147. The van der Waals surface area contributed by atoms with E-state index in [1.807, 2.05) is 30.3 Å². The van der Waals surface area contributed by atoms with Crippen LogP contribution in [0.1, 0.15) is 25.3 Å². The Bertz CT molecular complexity index is 397. The van der Waals surface area contributed by atoms with Crippen molar-refractivity contribution >= 4 is 5.97 Å². The van der Waals surface area contributed by atoms with E-state index in [2.05, 4.69) is 25.9 Å². The van der Waals surface area contributed by atoms with E-state index < -0.39 is 11.4 Å². The second-order valence-corrected chi connectivity index (χ2v) is 5.26. The van der Waals surface area contributed by atoms with Crippen molar-refractivity contribution in [1.29, 1.82) is 0 Å². The highest BCUT2D eigenvalue weighted by Gasteiger charge is 2.41. The van der Waals surface area contributed by atoms with E-state index in [0.717, 1.165) is 12.1 Å². The first-order valence-electron chi connectivity index (χ1n) is 7.04. The molecule has 0 spiro atoms. The van der Waals surface area contributed by atoms with Crippen molar-refractivity contribution in [2.24, 2.45) is 0 Å². The van der Waals surface area contributed by atoms with Crippen LogP contribution in [0.5, 0.6) is 0 Å². The Kier molecular flexibility index (Phi) is 6.68. The fraction of sp³-hybridized carbons (Fsp3) is 0.562. The van der Waals surface area contributed by atoms with E-state index in [1.165, 1.54) is 0 Å². The highest BCUT2D eigenvalue weighted by Crippen LogP contribution is 2.34. The van der Waals surface area contributed by atoms with Gasteiger partial charge in [-0.05, 0) is 39.0 Å². The zero-order valence-corrected chi connectivity index (χ0v) is 12.6. The normalized spacial score (nSPS) is 17.2. The van der Waals surface area contributed by atoms with Crippen LogP contribution >= 0.6 is 0 Å². The van der Waals surface area contributed by atoms with Gasteiger partial charge in [-0.25, -0.2) is 0 Å². The summed E-state index contributed by atoms with van der Waals surface area (Å²) in [6.07, 6.45) is 1.12. The first-order chi connectivity index (χ1) is 9.53. The minimum absolute atomic E-state index is 0.529. The van der Waals surface area contributed by atoms with Crippen LogP contribution in [0.3, 0.4) is 0 Å². The van der Waals surface area contributed by atoms with Gasteiger partial charge in [0.05, 0.1) is 5.41 Å². The summed E-state index contributed by atoms with van der Waals surface area (Å²) in [7, 11) is 4.11. The fourth-order valence-corrected chi connectivity index (χ4v) is 2.10. The highest BCUT2D eigenvalue weighted by molar-refractivity contribution is 5.81. The number of carboxylic acid groups (broad SMARTS) is 1. The lowest BCUT2D eigenvalue weighted by Gasteiger charge is -2.33. The van der Waals surface area contributed by atoms with Gasteiger partial charge in [0.25, 0.3) is 0 Å². The average molecular weight is 279 g/mol. The molecule has 1 aliphatic heterocycles. The maximum absolute atomic E-state index is 11.4. The summed E-state index contributed by atoms with van der Waals surface area (Å²) >= 11 is 0. The van der Waals surface area contributed by atoms with Crippen molar-refractivity contribution in [3.8, 4) is 0 Å². The fourth-order valence-electron chi connectivity index (χ4n) is 2.10. The van der Waals surface area contributed by atoms with Gasteiger partial charge in [-0.2, -0.15) is 0 Å². The number of rotatable bonds is 3.